The van der Waals surface area contributed by atoms with Gasteiger partial charge in [0.05, 0.1) is 5.92 Å². The fourth-order valence-corrected chi connectivity index (χ4v) is 3.68. The maximum absolute atomic E-state index is 12.9. The molecule has 1 aliphatic rings. The molecule has 0 spiro atoms. The van der Waals surface area contributed by atoms with Crippen molar-refractivity contribution < 1.29 is 14.4 Å². The lowest BCUT2D eigenvalue weighted by atomic mass is 9.96. The second kappa shape index (κ2) is 9.09. The van der Waals surface area contributed by atoms with Crippen LogP contribution in [0.1, 0.15) is 44.7 Å². The fourth-order valence-electron chi connectivity index (χ4n) is 3.55. The van der Waals surface area contributed by atoms with E-state index < -0.39 is 5.91 Å². The Morgan fingerprint density at radius 2 is 1.62 bits per heavy atom. The molecule has 3 amide bonds. The highest BCUT2D eigenvalue weighted by Gasteiger charge is 2.29. The molecule has 29 heavy (non-hydrogen) atoms. The van der Waals surface area contributed by atoms with Crippen molar-refractivity contribution in [2.24, 2.45) is 5.92 Å². The van der Waals surface area contributed by atoms with Crippen LogP contribution in [-0.2, 0) is 4.79 Å². The predicted octanol–water partition coefficient (Wildman–Crippen LogP) is 3.27. The first kappa shape index (κ1) is 20.9. The molecule has 1 fully saturated rings. The Hall–Kier alpha value is -2.86. The van der Waals surface area contributed by atoms with Crippen LogP contribution < -0.4 is 10.9 Å². The highest BCUT2D eigenvalue weighted by Crippen LogP contribution is 2.20. The summed E-state index contributed by atoms with van der Waals surface area (Å²) in [5, 5.41) is 0.529. The van der Waals surface area contributed by atoms with Crippen LogP contribution in [0.15, 0.2) is 42.5 Å². The molecule has 0 saturated carbocycles. The molecule has 1 unspecified atom stereocenters. The third-order valence-electron chi connectivity index (χ3n) is 4.95. The highest BCUT2D eigenvalue weighted by molar-refractivity contribution is 6.30. The van der Waals surface area contributed by atoms with Gasteiger partial charge in [0, 0.05) is 29.2 Å². The Morgan fingerprint density at radius 3 is 2.28 bits per heavy atom. The van der Waals surface area contributed by atoms with Gasteiger partial charge in [-0.15, -0.1) is 0 Å². The van der Waals surface area contributed by atoms with Crippen molar-refractivity contribution in [3.05, 3.63) is 69.7 Å². The lowest BCUT2D eigenvalue weighted by Crippen LogP contribution is -2.50. The summed E-state index contributed by atoms with van der Waals surface area (Å²) in [5.41, 5.74) is 7.99. The number of carbonyl (C=O) groups is 3. The van der Waals surface area contributed by atoms with Crippen molar-refractivity contribution >= 4 is 29.3 Å². The zero-order chi connectivity index (χ0) is 21.0. The minimum Gasteiger partial charge on any atom is -0.338 e. The quantitative estimate of drug-likeness (QED) is 0.758. The number of hydrogen-bond donors (Lipinski definition) is 2. The van der Waals surface area contributed by atoms with Gasteiger partial charge in [-0.25, -0.2) is 0 Å². The van der Waals surface area contributed by atoms with Gasteiger partial charge in [0.25, 0.3) is 11.8 Å². The SMILES string of the molecule is Cc1cc(C)cc(C(=O)N2CCCC(C(=O)NNC(=O)c3ccc(Cl)cc3)C2)c1. The van der Waals surface area contributed by atoms with E-state index in [0.29, 0.717) is 35.7 Å². The van der Waals surface area contributed by atoms with Gasteiger partial charge in [-0.1, -0.05) is 28.8 Å². The van der Waals surface area contributed by atoms with E-state index in [1.165, 1.54) is 0 Å². The summed E-state index contributed by atoms with van der Waals surface area (Å²) in [6, 6.07) is 12.1. The summed E-state index contributed by atoms with van der Waals surface area (Å²) in [6.07, 6.45) is 1.40. The van der Waals surface area contributed by atoms with Crippen LogP contribution in [-0.4, -0.2) is 35.7 Å². The maximum atomic E-state index is 12.9. The molecule has 0 aliphatic carbocycles. The summed E-state index contributed by atoms with van der Waals surface area (Å²) < 4.78 is 0. The van der Waals surface area contributed by atoms with E-state index in [1.807, 2.05) is 32.0 Å². The molecule has 2 aromatic carbocycles. The van der Waals surface area contributed by atoms with Crippen LogP contribution in [0.3, 0.4) is 0 Å². The van der Waals surface area contributed by atoms with Gasteiger partial charge in [0.2, 0.25) is 5.91 Å². The van der Waals surface area contributed by atoms with Crippen LogP contribution in [0.4, 0.5) is 0 Å². The number of benzene rings is 2. The standard InChI is InChI=1S/C22H24ClN3O3/c1-14-10-15(2)12-18(11-14)22(29)26-9-3-4-17(13-26)21(28)25-24-20(27)16-5-7-19(23)8-6-16/h5-8,10-12,17H,3-4,9,13H2,1-2H3,(H,24,27)(H,25,28). The Balaban J connectivity index is 1.58. The number of nitrogens with zero attached hydrogens (tertiary/aromatic N) is 1. The number of piperidine rings is 1. The lowest BCUT2D eigenvalue weighted by Gasteiger charge is -2.32. The number of amides is 3. The number of halogens is 1. The van der Waals surface area contributed by atoms with Crippen LogP contribution in [0, 0.1) is 19.8 Å². The Labute approximate surface area is 175 Å². The third-order valence-corrected chi connectivity index (χ3v) is 5.21. The maximum Gasteiger partial charge on any atom is 0.269 e. The van der Waals surface area contributed by atoms with Crippen molar-refractivity contribution in [1.29, 1.82) is 0 Å². The summed E-state index contributed by atoms with van der Waals surface area (Å²) in [4.78, 5) is 39.2. The molecule has 3 rings (SSSR count). The molecule has 6 nitrogen and oxygen atoms in total. The summed E-state index contributed by atoms with van der Waals surface area (Å²) in [7, 11) is 0. The molecule has 1 heterocycles. The normalized spacial score (nSPS) is 16.2. The number of nitrogens with one attached hydrogen (secondary N) is 2. The summed E-state index contributed by atoms with van der Waals surface area (Å²) in [5.74, 6) is -1.16. The second-order valence-corrected chi connectivity index (χ2v) is 7.85. The Bertz CT molecular complexity index is 907. The molecule has 7 heteroatoms. The van der Waals surface area contributed by atoms with Gasteiger partial charge in [-0.05, 0) is 63.1 Å². The second-order valence-electron chi connectivity index (χ2n) is 7.42. The first-order chi connectivity index (χ1) is 13.8. The lowest BCUT2D eigenvalue weighted by molar-refractivity contribution is -0.127. The van der Waals surface area contributed by atoms with Crippen molar-refractivity contribution in [3.63, 3.8) is 0 Å². The van der Waals surface area contributed by atoms with Gasteiger partial charge in [0.1, 0.15) is 0 Å². The van der Waals surface area contributed by atoms with E-state index in [1.54, 1.807) is 29.2 Å². The van der Waals surface area contributed by atoms with Crippen LogP contribution >= 0.6 is 11.6 Å². The molecular formula is C22H24ClN3O3. The zero-order valence-electron chi connectivity index (χ0n) is 16.5. The number of likely N-dealkylation sites (tertiary alicyclic amines) is 1. The van der Waals surface area contributed by atoms with E-state index in [4.69, 9.17) is 11.6 Å². The highest BCUT2D eigenvalue weighted by atomic mass is 35.5. The predicted molar refractivity (Wildman–Crippen MR) is 112 cm³/mol. The summed E-state index contributed by atoms with van der Waals surface area (Å²) >= 11 is 5.81. The molecule has 0 bridgehead atoms. The minimum atomic E-state index is -0.422. The molecule has 2 N–H and O–H groups in total. The van der Waals surface area contributed by atoms with E-state index in [-0.39, 0.29) is 17.7 Å². The molecule has 0 radical (unpaired) electrons. The van der Waals surface area contributed by atoms with Crippen molar-refractivity contribution in [2.45, 2.75) is 26.7 Å². The van der Waals surface area contributed by atoms with Gasteiger partial charge >= 0.3 is 0 Å². The molecular weight excluding hydrogens is 390 g/mol. The number of hydrazine groups is 1. The largest absolute Gasteiger partial charge is 0.338 e. The van der Waals surface area contributed by atoms with E-state index in [9.17, 15) is 14.4 Å². The van der Waals surface area contributed by atoms with Crippen molar-refractivity contribution in [2.75, 3.05) is 13.1 Å². The molecule has 0 aromatic heterocycles. The van der Waals surface area contributed by atoms with Gasteiger partial charge in [-0.3, -0.25) is 25.2 Å². The molecule has 1 aliphatic heterocycles. The number of hydrogen-bond acceptors (Lipinski definition) is 3. The summed E-state index contributed by atoms with van der Waals surface area (Å²) in [6.45, 7) is 4.86. The van der Waals surface area contributed by atoms with Crippen molar-refractivity contribution in [3.8, 4) is 0 Å². The number of rotatable bonds is 3. The van der Waals surface area contributed by atoms with Crippen LogP contribution in [0.5, 0.6) is 0 Å². The first-order valence-electron chi connectivity index (χ1n) is 9.57. The Morgan fingerprint density at radius 1 is 0.966 bits per heavy atom. The zero-order valence-corrected chi connectivity index (χ0v) is 17.3. The minimum absolute atomic E-state index is 0.0699. The molecule has 1 saturated heterocycles. The van der Waals surface area contributed by atoms with Gasteiger partial charge in [-0.2, -0.15) is 0 Å². The average molecular weight is 414 g/mol. The van der Waals surface area contributed by atoms with Gasteiger partial charge < -0.3 is 4.90 Å². The molecule has 152 valence electrons. The van der Waals surface area contributed by atoms with Gasteiger partial charge in [0.15, 0.2) is 0 Å². The number of carbonyl (C=O) groups excluding carboxylic acids is 3. The van der Waals surface area contributed by atoms with Crippen LogP contribution in [0.2, 0.25) is 5.02 Å². The monoisotopic (exact) mass is 413 g/mol. The van der Waals surface area contributed by atoms with Crippen LogP contribution in [0.25, 0.3) is 0 Å². The molecule has 1 atom stereocenters. The van der Waals surface area contributed by atoms with E-state index in [2.05, 4.69) is 10.9 Å². The fraction of sp³-hybridized carbons (Fsp3) is 0.318. The Kier molecular flexibility index (Phi) is 6.54. The average Bonchev–Trinajstić information content (AvgIpc) is 2.71. The topological polar surface area (TPSA) is 78.5 Å². The van der Waals surface area contributed by atoms with Crippen molar-refractivity contribution in [1.82, 2.24) is 15.8 Å². The first-order valence-corrected chi connectivity index (χ1v) is 9.94. The van der Waals surface area contributed by atoms with E-state index >= 15 is 0 Å². The third kappa shape index (κ3) is 5.35. The molecule has 2 aromatic rings. The smallest absolute Gasteiger partial charge is 0.269 e. The van der Waals surface area contributed by atoms with E-state index in [0.717, 1.165) is 17.5 Å². The number of aryl methyl sites for hydroxylation is 2.